The van der Waals surface area contributed by atoms with Crippen molar-refractivity contribution in [3.8, 4) is 0 Å². The zero-order valence-electron chi connectivity index (χ0n) is 13.0. The molecule has 0 bridgehead atoms. The number of thiazole rings is 1. The number of nitro groups is 1. The third-order valence-electron chi connectivity index (χ3n) is 3.50. The van der Waals surface area contributed by atoms with Gasteiger partial charge < -0.3 is 4.57 Å². The normalized spacial score (nSPS) is 12.2. The molecule has 0 spiro atoms. The summed E-state index contributed by atoms with van der Waals surface area (Å²) in [6, 6.07) is 11.5. The summed E-state index contributed by atoms with van der Waals surface area (Å²) >= 11 is 7.56. The number of para-hydroxylation sites is 1. The van der Waals surface area contributed by atoms with Gasteiger partial charge in [-0.3, -0.25) is 14.9 Å². The molecule has 0 aliphatic carbocycles. The minimum absolute atomic E-state index is 0.00217. The van der Waals surface area contributed by atoms with Gasteiger partial charge in [0.05, 0.1) is 20.2 Å². The number of non-ortho nitro benzene ring substituents is 1. The van der Waals surface area contributed by atoms with Crippen LogP contribution in [0.2, 0.25) is 5.02 Å². The van der Waals surface area contributed by atoms with Gasteiger partial charge in [0, 0.05) is 25.3 Å². The third-order valence-corrected chi connectivity index (χ3v) is 4.90. The van der Waals surface area contributed by atoms with Crippen molar-refractivity contribution in [2.45, 2.75) is 0 Å². The van der Waals surface area contributed by atoms with Crippen LogP contribution in [0.15, 0.2) is 53.5 Å². The maximum Gasteiger partial charge on any atom is 0.272 e. The zero-order chi connectivity index (χ0) is 18.0. The Morgan fingerprint density at radius 3 is 2.64 bits per heavy atom. The molecule has 1 amide bonds. The molecule has 1 heterocycles. The molecule has 25 heavy (non-hydrogen) atoms. The fourth-order valence-electron chi connectivity index (χ4n) is 2.27. The van der Waals surface area contributed by atoms with E-state index in [0.29, 0.717) is 15.4 Å². The first kappa shape index (κ1) is 17.1. The molecular formula is C17H12ClN3O3S. The van der Waals surface area contributed by atoms with Gasteiger partial charge in [-0.15, -0.1) is 0 Å². The van der Waals surface area contributed by atoms with E-state index in [1.165, 1.54) is 29.5 Å². The second-order valence-corrected chi connectivity index (χ2v) is 6.58. The highest BCUT2D eigenvalue weighted by Gasteiger charge is 2.07. The molecule has 0 aliphatic rings. The predicted octanol–water partition coefficient (Wildman–Crippen LogP) is 3.94. The van der Waals surface area contributed by atoms with E-state index in [9.17, 15) is 14.9 Å². The lowest BCUT2D eigenvalue weighted by Crippen LogP contribution is -2.12. The molecule has 0 saturated heterocycles. The summed E-state index contributed by atoms with van der Waals surface area (Å²) in [5.74, 6) is -0.420. The number of carbonyl (C=O) groups is 1. The van der Waals surface area contributed by atoms with E-state index >= 15 is 0 Å². The van der Waals surface area contributed by atoms with E-state index in [-0.39, 0.29) is 5.69 Å². The fraction of sp³-hybridized carbons (Fsp3) is 0.0588. The van der Waals surface area contributed by atoms with Gasteiger partial charge in [-0.05, 0) is 35.9 Å². The van der Waals surface area contributed by atoms with Gasteiger partial charge in [0.25, 0.3) is 11.6 Å². The van der Waals surface area contributed by atoms with Crippen molar-refractivity contribution >= 4 is 50.8 Å². The van der Waals surface area contributed by atoms with E-state index in [2.05, 4.69) is 4.99 Å². The number of nitrogens with zero attached hydrogens (tertiary/aromatic N) is 3. The number of halogens is 1. The molecule has 2 aromatic carbocycles. The summed E-state index contributed by atoms with van der Waals surface area (Å²) in [6.45, 7) is 0. The van der Waals surface area contributed by atoms with Crippen LogP contribution in [0.4, 0.5) is 5.69 Å². The van der Waals surface area contributed by atoms with Crippen LogP contribution in [0.5, 0.6) is 0 Å². The number of hydrogen-bond donors (Lipinski definition) is 0. The maximum absolute atomic E-state index is 12.1. The van der Waals surface area contributed by atoms with Crippen LogP contribution in [0.25, 0.3) is 16.3 Å². The minimum Gasteiger partial charge on any atom is -0.318 e. The van der Waals surface area contributed by atoms with Gasteiger partial charge in [-0.25, -0.2) is 0 Å². The molecule has 0 N–H and O–H groups in total. The van der Waals surface area contributed by atoms with Gasteiger partial charge in [0.1, 0.15) is 0 Å². The van der Waals surface area contributed by atoms with Crippen molar-refractivity contribution in [3.63, 3.8) is 0 Å². The molecule has 0 aliphatic heterocycles. The summed E-state index contributed by atoms with van der Waals surface area (Å²) in [6.07, 6.45) is 2.89. The largest absolute Gasteiger partial charge is 0.318 e. The molecule has 0 atom stereocenters. The average molecular weight is 374 g/mol. The summed E-state index contributed by atoms with van der Waals surface area (Å²) in [5.41, 5.74) is 1.51. The molecule has 8 heteroatoms. The van der Waals surface area contributed by atoms with Gasteiger partial charge in [0.15, 0.2) is 4.80 Å². The number of aryl methyl sites for hydroxylation is 1. The molecule has 0 unspecified atom stereocenters. The Labute approximate surface area is 151 Å². The summed E-state index contributed by atoms with van der Waals surface area (Å²) in [7, 11) is 1.80. The molecule has 0 fully saturated rings. The lowest BCUT2D eigenvalue weighted by Gasteiger charge is -1.97. The lowest BCUT2D eigenvalue weighted by molar-refractivity contribution is -0.384. The molecule has 6 nitrogen and oxygen atoms in total. The number of rotatable bonds is 3. The maximum atomic E-state index is 12.1. The first-order valence-corrected chi connectivity index (χ1v) is 8.40. The van der Waals surface area contributed by atoms with Gasteiger partial charge in [-0.1, -0.05) is 29.0 Å². The van der Waals surface area contributed by atoms with Crippen LogP contribution in [-0.2, 0) is 11.8 Å². The van der Waals surface area contributed by atoms with Gasteiger partial charge in [0.2, 0.25) is 0 Å². The number of aromatic nitrogens is 1. The van der Waals surface area contributed by atoms with Crippen molar-refractivity contribution in [1.29, 1.82) is 0 Å². The molecule has 1 aromatic heterocycles. The smallest absolute Gasteiger partial charge is 0.272 e. The topological polar surface area (TPSA) is 77.5 Å². The summed E-state index contributed by atoms with van der Waals surface area (Å²) in [4.78, 5) is 26.9. The highest BCUT2D eigenvalue weighted by molar-refractivity contribution is 7.16. The second-order valence-electron chi connectivity index (χ2n) is 5.16. The van der Waals surface area contributed by atoms with E-state index in [0.717, 1.165) is 10.2 Å². The number of nitro benzene ring substituents is 1. The standard InChI is InChI=1S/C17H12ClN3O3S/c1-20-16-13(18)3-2-4-14(16)25-17(20)19-15(22)10-7-11-5-8-12(9-6-11)21(23)24/h2-10H,1H3. The van der Waals surface area contributed by atoms with Crippen LogP contribution < -0.4 is 4.80 Å². The number of amides is 1. The molecular weight excluding hydrogens is 362 g/mol. The monoisotopic (exact) mass is 373 g/mol. The molecule has 0 radical (unpaired) electrons. The fourth-order valence-corrected chi connectivity index (χ4v) is 3.68. The predicted molar refractivity (Wildman–Crippen MR) is 98.5 cm³/mol. The molecule has 0 saturated carbocycles. The van der Waals surface area contributed by atoms with Crippen LogP contribution in [0.3, 0.4) is 0 Å². The van der Waals surface area contributed by atoms with Gasteiger partial charge >= 0.3 is 0 Å². The molecule has 126 valence electrons. The number of hydrogen-bond acceptors (Lipinski definition) is 4. The zero-order valence-corrected chi connectivity index (χ0v) is 14.6. The SMILES string of the molecule is Cn1c(=NC(=O)C=Cc2ccc([N+](=O)[O-])cc2)sc2cccc(Cl)c21. The average Bonchev–Trinajstić information content (AvgIpc) is 2.90. The van der Waals surface area contributed by atoms with E-state index in [1.54, 1.807) is 35.9 Å². The first-order valence-electron chi connectivity index (χ1n) is 7.21. The Morgan fingerprint density at radius 1 is 1.28 bits per heavy atom. The first-order chi connectivity index (χ1) is 12.0. The van der Waals surface area contributed by atoms with Crippen molar-refractivity contribution in [2.24, 2.45) is 12.0 Å². The van der Waals surface area contributed by atoms with Crippen LogP contribution in [0, 0.1) is 10.1 Å². The van der Waals surface area contributed by atoms with Crippen LogP contribution in [0.1, 0.15) is 5.56 Å². The van der Waals surface area contributed by atoms with Crippen molar-refractivity contribution < 1.29 is 9.72 Å². The van der Waals surface area contributed by atoms with E-state index < -0.39 is 10.8 Å². The molecule has 3 aromatic rings. The highest BCUT2D eigenvalue weighted by atomic mass is 35.5. The van der Waals surface area contributed by atoms with E-state index in [1.807, 2.05) is 12.1 Å². The summed E-state index contributed by atoms with van der Waals surface area (Å²) < 4.78 is 2.72. The minimum atomic E-state index is -0.472. The highest BCUT2D eigenvalue weighted by Crippen LogP contribution is 2.24. The number of benzene rings is 2. The van der Waals surface area contributed by atoms with Crippen LogP contribution >= 0.6 is 22.9 Å². The Bertz CT molecular complexity index is 1060. The second kappa shape index (κ2) is 7.00. The summed E-state index contributed by atoms with van der Waals surface area (Å²) in [5, 5.41) is 11.2. The molecule has 3 rings (SSSR count). The lowest BCUT2D eigenvalue weighted by atomic mass is 10.2. The van der Waals surface area contributed by atoms with Gasteiger partial charge in [-0.2, -0.15) is 4.99 Å². The third kappa shape index (κ3) is 3.67. The Kier molecular flexibility index (Phi) is 4.78. The van der Waals surface area contributed by atoms with E-state index in [4.69, 9.17) is 11.6 Å². The number of fused-ring (bicyclic) bond motifs is 1. The Morgan fingerprint density at radius 2 is 2.00 bits per heavy atom. The van der Waals surface area contributed by atoms with Crippen molar-refractivity contribution in [3.05, 3.63) is 74.0 Å². The van der Waals surface area contributed by atoms with Crippen LogP contribution in [-0.4, -0.2) is 15.4 Å². The van der Waals surface area contributed by atoms with Crippen molar-refractivity contribution in [2.75, 3.05) is 0 Å². The Balaban J connectivity index is 1.87. The Hall–Kier alpha value is -2.77. The van der Waals surface area contributed by atoms with Crippen molar-refractivity contribution in [1.82, 2.24) is 4.57 Å². The number of carbonyl (C=O) groups excluding carboxylic acids is 1. The quantitative estimate of drug-likeness (QED) is 0.396.